The summed E-state index contributed by atoms with van der Waals surface area (Å²) in [6, 6.07) is 0. The zero-order valence-electron chi connectivity index (χ0n) is 3.15. The van der Waals surface area contributed by atoms with Crippen molar-refractivity contribution in [2.45, 2.75) is 0 Å². The molecule has 0 unspecified atom stereocenters. The molecule has 0 aliphatic carbocycles. The van der Waals surface area contributed by atoms with Gasteiger partial charge in [-0.1, -0.05) is 0 Å². The molecule has 0 fully saturated rings. The van der Waals surface area contributed by atoms with Crippen LogP contribution in [0.3, 0.4) is 0 Å². The van der Waals surface area contributed by atoms with Crippen molar-refractivity contribution in [1.82, 2.24) is 0 Å². The Balaban J connectivity index is -0.000000000833. The van der Waals surface area contributed by atoms with Gasteiger partial charge in [0.2, 0.25) is 0 Å². The average molecular weight is 330 g/mol. The molecule has 0 aromatic carbocycles. The summed E-state index contributed by atoms with van der Waals surface area (Å²) in [5, 5.41) is 0. The third-order valence-corrected chi connectivity index (χ3v) is 0. The summed E-state index contributed by atoms with van der Waals surface area (Å²) >= 11 is 0. The Bertz CT molecular complexity index is 15.5. The molecular weight excluding hydrogens is 320 g/mol. The molecule has 0 nitrogen and oxygen atoms in total. The third-order valence-electron chi connectivity index (χ3n) is 0. The van der Waals surface area contributed by atoms with Crippen molar-refractivity contribution >= 4 is 83.8 Å². The van der Waals surface area contributed by atoms with Crippen molar-refractivity contribution in [3.05, 3.63) is 0 Å². The van der Waals surface area contributed by atoms with Crippen LogP contribution in [0.2, 0.25) is 0 Å². The average Bonchev–Trinajstić information content (AvgIpc) is 1.00. The molecule has 6 heavy (non-hydrogen) atoms. The standard InChI is InChI=1S/Al.BH5Si.Ba.V.Zn.5H/c;1-2;;;;;;;;/h;1H2,2H3;;;;;;;;. The molecule has 0 atom stereocenters. The Morgan fingerprint density at radius 1 is 1.17 bits per heavy atom. The van der Waals surface area contributed by atoms with Gasteiger partial charge in [-0.2, -0.15) is 0 Å². The van der Waals surface area contributed by atoms with Crippen molar-refractivity contribution in [2.75, 3.05) is 0 Å². The largest absolute Gasteiger partial charge is 0 e. The summed E-state index contributed by atoms with van der Waals surface area (Å²) in [6.45, 7) is 0. The SMILES string of the molecule is B[SiH3].[AlH3].[BaH2].[V].[Zn]. The van der Waals surface area contributed by atoms with Gasteiger partial charge in [0.25, 0.3) is 0 Å². The van der Waals surface area contributed by atoms with E-state index in [0.717, 1.165) is 0 Å². The van der Waals surface area contributed by atoms with Crippen molar-refractivity contribution < 1.29 is 38.0 Å². The second kappa shape index (κ2) is 38.4. The van der Waals surface area contributed by atoms with Crippen LogP contribution in [0, 0.1) is 0 Å². The molecule has 0 amide bonds. The van der Waals surface area contributed by atoms with Crippen LogP contribution in [0.25, 0.3) is 0 Å². The van der Waals surface area contributed by atoms with E-state index in [-0.39, 0.29) is 104 Å². The molecule has 0 spiro atoms. The molecule has 0 bridgehead atoms. The minimum Gasteiger partial charge on any atom is 0 e. The Morgan fingerprint density at radius 3 is 1.17 bits per heavy atom. The van der Waals surface area contributed by atoms with Crippen LogP contribution >= 0.6 is 0 Å². The Morgan fingerprint density at radius 2 is 1.17 bits per heavy atom. The summed E-state index contributed by atoms with van der Waals surface area (Å²) in [7, 11) is 3.44. The number of hydrogen-bond acceptors (Lipinski definition) is 0. The molecule has 1 radical (unpaired) electrons. The van der Waals surface area contributed by atoms with Gasteiger partial charge in [-0.15, -0.1) is 0 Å². The van der Waals surface area contributed by atoms with Gasteiger partial charge in [-0.05, 0) is 10.1 Å². The van der Waals surface area contributed by atoms with E-state index in [2.05, 4.69) is 7.44 Å². The third kappa shape index (κ3) is 25.6. The van der Waals surface area contributed by atoms with E-state index >= 15 is 0 Å². The van der Waals surface area contributed by atoms with Crippen molar-refractivity contribution in [3.63, 3.8) is 0 Å². The number of rotatable bonds is 0. The van der Waals surface area contributed by atoms with Crippen molar-refractivity contribution in [3.8, 4) is 0 Å². The molecule has 6 heteroatoms. The maximum absolute atomic E-state index is 2.14. The maximum Gasteiger partial charge on any atom is 0 e. The summed E-state index contributed by atoms with van der Waals surface area (Å²) in [5.41, 5.74) is 0. The molecule has 0 aromatic heterocycles. The van der Waals surface area contributed by atoms with E-state index in [9.17, 15) is 0 Å². The van der Waals surface area contributed by atoms with Crippen LogP contribution in [0.1, 0.15) is 0 Å². The fourth-order valence-corrected chi connectivity index (χ4v) is 0. The van der Waals surface area contributed by atoms with Crippen LogP contribution in [0.4, 0.5) is 0 Å². The van der Waals surface area contributed by atoms with E-state index < -0.39 is 0 Å². The fourth-order valence-electron chi connectivity index (χ4n) is 0. The summed E-state index contributed by atoms with van der Waals surface area (Å²) < 4.78 is 0. The number of hydrogen-bond donors (Lipinski definition) is 0. The topological polar surface area (TPSA) is 0 Å². The fraction of sp³-hybridized carbons (Fsp3) is 0. The van der Waals surface area contributed by atoms with Gasteiger partial charge in [-0.3, -0.25) is 0 Å². The Labute approximate surface area is 119 Å². The van der Waals surface area contributed by atoms with E-state index in [1.165, 1.54) is 10.1 Å². The molecule has 0 heterocycles. The van der Waals surface area contributed by atoms with E-state index in [1.54, 1.807) is 0 Å². The van der Waals surface area contributed by atoms with Gasteiger partial charge in [0.1, 0.15) is 0 Å². The quantitative estimate of drug-likeness (QED) is 0.396. The van der Waals surface area contributed by atoms with Crippen molar-refractivity contribution in [2.24, 2.45) is 0 Å². The van der Waals surface area contributed by atoms with Gasteiger partial charge >= 0.3 is 48.9 Å². The van der Waals surface area contributed by atoms with Gasteiger partial charge in [0.15, 0.2) is 17.4 Å². The van der Waals surface area contributed by atoms with Crippen LogP contribution in [0.5, 0.6) is 0 Å². The zero-order valence-corrected chi connectivity index (χ0v) is 9.52. The van der Waals surface area contributed by atoms with Gasteiger partial charge in [0, 0.05) is 38.0 Å². The minimum atomic E-state index is 0. The molecule has 0 aliphatic rings. The predicted molar refractivity (Wildman–Crippen MR) is 37.0 cm³/mol. The second-order valence-corrected chi connectivity index (χ2v) is 0. The second-order valence-electron chi connectivity index (χ2n) is 0. The summed E-state index contributed by atoms with van der Waals surface area (Å²) in [4.78, 5) is 0. The molecular formula is H10AlBBaSiVZn. The first kappa shape index (κ1) is 33.6. The first-order valence-corrected chi connectivity index (χ1v) is 3.00. The Kier molecular flexibility index (Phi) is 215. The summed E-state index contributed by atoms with van der Waals surface area (Å²) in [5.74, 6) is 0. The molecule has 0 aliphatic heterocycles. The van der Waals surface area contributed by atoms with Crippen LogP contribution in [-0.2, 0) is 38.0 Å². The van der Waals surface area contributed by atoms with Crippen molar-refractivity contribution in [1.29, 1.82) is 0 Å². The van der Waals surface area contributed by atoms with Gasteiger partial charge < -0.3 is 0 Å². The first-order valence-electron chi connectivity index (χ1n) is 1.00. The van der Waals surface area contributed by atoms with E-state index in [0.29, 0.717) is 0 Å². The normalized spacial score (nSPS) is 1.33. The molecule has 0 saturated carbocycles. The predicted octanol–water partition coefficient (Wildman–Crippen LogP) is -4.21. The molecule has 0 aromatic rings. The molecule has 0 N–H and O–H groups in total. The smallest absolute Gasteiger partial charge is 0 e. The monoisotopic (exact) mass is 329 g/mol. The zero-order chi connectivity index (χ0) is 2.00. The van der Waals surface area contributed by atoms with Gasteiger partial charge in [-0.25, -0.2) is 0 Å². The molecule has 29 valence electrons. The van der Waals surface area contributed by atoms with Crippen LogP contribution in [-0.4, -0.2) is 83.8 Å². The van der Waals surface area contributed by atoms with Crippen LogP contribution < -0.4 is 0 Å². The van der Waals surface area contributed by atoms with E-state index in [4.69, 9.17) is 0 Å². The summed E-state index contributed by atoms with van der Waals surface area (Å²) in [6.07, 6.45) is 0. The first-order chi connectivity index (χ1) is 1.00. The molecule has 0 saturated heterocycles. The van der Waals surface area contributed by atoms with Crippen LogP contribution in [0.15, 0.2) is 0 Å². The Hall–Kier alpha value is 3.59. The molecule has 0 rings (SSSR count). The maximum atomic E-state index is 2.14. The van der Waals surface area contributed by atoms with Gasteiger partial charge in [0.05, 0.1) is 7.44 Å². The van der Waals surface area contributed by atoms with E-state index in [1.807, 2.05) is 0 Å². The minimum absolute atomic E-state index is 0.